The van der Waals surface area contributed by atoms with E-state index < -0.39 is 18.4 Å². The van der Waals surface area contributed by atoms with E-state index in [1.807, 2.05) is 0 Å². The van der Waals surface area contributed by atoms with Gasteiger partial charge in [-0.2, -0.15) is 13.5 Å². The molecule has 0 saturated carbocycles. The van der Waals surface area contributed by atoms with Crippen LogP contribution in [0.2, 0.25) is 18.1 Å². The first-order valence-corrected chi connectivity index (χ1v) is 19.7. The van der Waals surface area contributed by atoms with Crippen LogP contribution in [0.25, 0.3) is 22.2 Å². The van der Waals surface area contributed by atoms with Crippen LogP contribution in [0.15, 0.2) is 42.5 Å². The number of aromatic nitrogens is 2. The van der Waals surface area contributed by atoms with Crippen LogP contribution in [0.3, 0.4) is 0 Å². The van der Waals surface area contributed by atoms with Gasteiger partial charge in [0.05, 0.1) is 11.3 Å². The Labute approximate surface area is 252 Å². The van der Waals surface area contributed by atoms with E-state index in [-0.39, 0.29) is 22.9 Å². The fourth-order valence-electron chi connectivity index (χ4n) is 5.06. The summed E-state index contributed by atoms with van der Waals surface area (Å²) in [4.78, 5) is 0. The second kappa shape index (κ2) is 13.6. The van der Waals surface area contributed by atoms with Gasteiger partial charge in [0.1, 0.15) is 11.4 Å². The molecule has 0 spiro atoms. The van der Waals surface area contributed by atoms with E-state index in [2.05, 4.69) is 81.0 Å². The predicted molar refractivity (Wildman–Crippen MR) is 171 cm³/mol. The van der Waals surface area contributed by atoms with Crippen LogP contribution in [0.1, 0.15) is 71.6 Å². The number of rotatable bonds is 13. The summed E-state index contributed by atoms with van der Waals surface area (Å²) in [7, 11) is -5.95. The number of aryl methyl sites for hydroxylation is 1. The van der Waals surface area contributed by atoms with E-state index in [1.165, 1.54) is 5.56 Å². The minimum atomic E-state index is -3.94. The minimum absolute atomic E-state index is 0.0669. The maximum absolute atomic E-state index is 11.0. The number of nitrogens with zero attached hydrogens (tertiary/aromatic N) is 2. The minimum Gasteiger partial charge on any atom is -0.543 e. The monoisotopic (exact) mass is 616 g/mol. The van der Waals surface area contributed by atoms with Crippen molar-refractivity contribution in [3.05, 3.63) is 48.0 Å². The summed E-state index contributed by atoms with van der Waals surface area (Å²) >= 11 is 0. The van der Waals surface area contributed by atoms with Gasteiger partial charge in [-0.1, -0.05) is 45.9 Å². The zero-order chi connectivity index (χ0) is 30.5. The fourth-order valence-corrected chi connectivity index (χ4v) is 6.97. The van der Waals surface area contributed by atoms with Gasteiger partial charge in [0.2, 0.25) is 8.32 Å². The van der Waals surface area contributed by atoms with Gasteiger partial charge in [0, 0.05) is 30.8 Å². The summed E-state index contributed by atoms with van der Waals surface area (Å²) in [6, 6.07) is 14.9. The lowest BCUT2D eigenvalue weighted by molar-refractivity contribution is -0.0365. The fraction of sp³-hybridized carbons (Fsp3) is 0.594. The lowest BCUT2D eigenvalue weighted by atomic mass is 10.0. The number of benzene rings is 2. The highest BCUT2D eigenvalue weighted by Crippen LogP contribution is 2.40. The van der Waals surface area contributed by atoms with Crippen molar-refractivity contribution in [1.29, 1.82) is 0 Å². The van der Waals surface area contributed by atoms with Crippen molar-refractivity contribution >= 4 is 29.3 Å². The topological polar surface area (TPSA) is 99.9 Å². The molecule has 1 fully saturated rings. The molecule has 0 bridgehead atoms. The normalized spacial score (nSPS) is 17.5. The summed E-state index contributed by atoms with van der Waals surface area (Å²) in [6.07, 6.45) is 5.41. The van der Waals surface area contributed by atoms with Gasteiger partial charge in [-0.05, 0) is 92.4 Å². The molecule has 1 aliphatic rings. The lowest BCUT2D eigenvalue weighted by Gasteiger charge is -2.36. The molecule has 1 saturated heterocycles. The first kappa shape index (κ1) is 32.7. The Bertz CT molecular complexity index is 1440. The average molecular weight is 617 g/mol. The zero-order valence-corrected chi connectivity index (χ0v) is 27.9. The molecular weight excluding hydrogens is 569 g/mol. The summed E-state index contributed by atoms with van der Waals surface area (Å²) in [5.41, 5.74) is 4.27. The molecule has 42 heavy (non-hydrogen) atoms. The van der Waals surface area contributed by atoms with Gasteiger partial charge in [-0.25, -0.2) is 4.68 Å². The molecule has 4 rings (SSSR count). The van der Waals surface area contributed by atoms with Gasteiger partial charge in [0.15, 0.2) is 6.23 Å². The summed E-state index contributed by atoms with van der Waals surface area (Å²) < 4.78 is 51.7. The summed E-state index contributed by atoms with van der Waals surface area (Å²) in [5, 5.41) is 6.30. The molecule has 2 aromatic carbocycles. The molecule has 232 valence electrons. The third-order valence-corrected chi connectivity index (χ3v) is 13.8. The van der Waals surface area contributed by atoms with Crippen molar-refractivity contribution in [3.63, 3.8) is 0 Å². The molecule has 0 radical (unpaired) electrons. The smallest absolute Gasteiger partial charge is 0.265 e. The molecule has 10 heteroatoms. The molecule has 0 amide bonds. The third kappa shape index (κ3) is 8.66. The summed E-state index contributed by atoms with van der Waals surface area (Å²) in [6.45, 7) is 14.9. The predicted octanol–water partition coefficient (Wildman–Crippen LogP) is 7.65. The number of ether oxygens (including phenoxy) is 2. The molecular formula is C32H48N2O6SSi. The number of hydrogen-bond acceptors (Lipinski definition) is 6. The first-order chi connectivity index (χ1) is 19.7. The molecule has 2 unspecified atom stereocenters. The Balaban J connectivity index is 1.51. The third-order valence-electron chi connectivity index (χ3n) is 8.49. The highest BCUT2D eigenvalue weighted by molar-refractivity contribution is 7.85. The first-order valence-electron chi connectivity index (χ1n) is 15.2. The van der Waals surface area contributed by atoms with Gasteiger partial charge in [-0.3, -0.25) is 4.55 Å². The van der Waals surface area contributed by atoms with Crippen molar-refractivity contribution in [3.8, 4) is 17.0 Å². The Morgan fingerprint density at radius 3 is 2.62 bits per heavy atom. The second-order valence-electron chi connectivity index (χ2n) is 13.2. The van der Waals surface area contributed by atoms with Crippen molar-refractivity contribution in [1.82, 2.24) is 9.78 Å². The van der Waals surface area contributed by atoms with Gasteiger partial charge < -0.3 is 13.9 Å². The average Bonchev–Trinajstić information content (AvgIpc) is 3.28. The maximum atomic E-state index is 11.0. The van der Waals surface area contributed by atoms with E-state index >= 15 is 0 Å². The van der Waals surface area contributed by atoms with E-state index in [0.29, 0.717) is 19.6 Å². The summed E-state index contributed by atoms with van der Waals surface area (Å²) in [5.74, 6) is 0.515. The maximum Gasteiger partial charge on any atom is 0.265 e. The van der Waals surface area contributed by atoms with E-state index in [1.54, 1.807) is 6.92 Å². The van der Waals surface area contributed by atoms with E-state index in [4.69, 9.17) is 23.6 Å². The van der Waals surface area contributed by atoms with Crippen LogP contribution >= 0.6 is 0 Å². The largest absolute Gasteiger partial charge is 0.543 e. The molecule has 1 aliphatic heterocycles. The van der Waals surface area contributed by atoms with Crippen molar-refractivity contribution in [2.75, 3.05) is 25.6 Å². The Kier molecular flexibility index (Phi) is 10.6. The highest BCUT2D eigenvalue weighted by atomic mass is 32.2. The van der Waals surface area contributed by atoms with Crippen molar-refractivity contribution < 1.29 is 26.9 Å². The second-order valence-corrected chi connectivity index (χ2v) is 19.4. The zero-order valence-electron chi connectivity index (χ0n) is 26.1. The van der Waals surface area contributed by atoms with Gasteiger partial charge >= 0.3 is 0 Å². The van der Waals surface area contributed by atoms with Crippen LogP contribution in [-0.2, 0) is 26.0 Å². The lowest BCUT2D eigenvalue weighted by Crippen LogP contribution is -2.43. The van der Waals surface area contributed by atoms with Crippen molar-refractivity contribution in [2.45, 2.75) is 90.6 Å². The molecule has 2 atom stereocenters. The molecule has 8 nitrogen and oxygen atoms in total. The van der Waals surface area contributed by atoms with Gasteiger partial charge in [0.25, 0.3) is 10.1 Å². The highest BCUT2D eigenvalue weighted by Gasteiger charge is 2.39. The van der Waals surface area contributed by atoms with Crippen LogP contribution in [0, 0.1) is 5.92 Å². The number of hydrogen-bond donors (Lipinski definition) is 1. The quantitative estimate of drug-likeness (QED) is 0.120. The van der Waals surface area contributed by atoms with Crippen LogP contribution < -0.4 is 4.43 Å². The van der Waals surface area contributed by atoms with E-state index in [9.17, 15) is 8.42 Å². The van der Waals surface area contributed by atoms with Crippen LogP contribution in [0.5, 0.6) is 5.75 Å². The Morgan fingerprint density at radius 1 is 1.14 bits per heavy atom. The number of fused-ring (bicyclic) bond motifs is 1. The van der Waals surface area contributed by atoms with Crippen LogP contribution in [0.4, 0.5) is 0 Å². The molecule has 3 aromatic rings. The Morgan fingerprint density at radius 2 is 1.93 bits per heavy atom. The van der Waals surface area contributed by atoms with E-state index in [0.717, 1.165) is 66.6 Å². The standard InChI is InChI=1S/C32H48N2O6SSi/c1-24(23-41(35,36)37)17-20-38-18-10-12-25-11-9-13-26(21-25)31-28-22-27(40-42(5,6)32(2,3)4)15-16-29(28)34(33-31)30-14-7-8-19-39-30/h9,11,13,15-16,21-22,24,30H,7-8,10,12,14,17-20,23H2,1-6H3,(H,35,36,37). The molecule has 1 aromatic heterocycles. The van der Waals surface area contributed by atoms with Crippen molar-refractivity contribution in [2.24, 2.45) is 5.92 Å². The molecule has 2 heterocycles. The Hall–Kier alpha value is -2.24. The molecule has 1 N–H and O–H groups in total. The molecule has 0 aliphatic carbocycles. The van der Waals surface area contributed by atoms with Crippen LogP contribution in [-0.4, -0.2) is 56.6 Å². The SMILES string of the molecule is CC(CCOCCCc1cccc(-c2nn(C3CCCCO3)c3ccc(O[Si](C)(C)C(C)(C)C)cc23)c1)CS(=O)(=O)O. The van der Waals surface area contributed by atoms with Gasteiger partial charge in [-0.15, -0.1) is 0 Å².